The molecule has 1 aromatic carbocycles. The highest BCUT2D eigenvalue weighted by atomic mass is 35.5. The zero-order chi connectivity index (χ0) is 13.8. The summed E-state index contributed by atoms with van der Waals surface area (Å²) in [7, 11) is 0. The van der Waals surface area contributed by atoms with E-state index in [0.717, 1.165) is 5.56 Å². The molecule has 0 aliphatic heterocycles. The monoisotopic (exact) mass is 269 g/mol. The summed E-state index contributed by atoms with van der Waals surface area (Å²) in [6.07, 6.45) is 0. The van der Waals surface area contributed by atoms with Crippen LogP contribution in [0.2, 0.25) is 0 Å². The summed E-state index contributed by atoms with van der Waals surface area (Å²) in [5.41, 5.74) is 1.18. The predicted octanol–water partition coefficient (Wildman–Crippen LogP) is 3.60. The van der Waals surface area contributed by atoms with Crippen LogP contribution in [0.25, 0.3) is 0 Å². The van der Waals surface area contributed by atoms with Crippen molar-refractivity contribution in [1.82, 2.24) is 0 Å². The van der Waals surface area contributed by atoms with Crippen LogP contribution in [0.3, 0.4) is 0 Å². The first kappa shape index (κ1) is 14.8. The molecule has 0 bridgehead atoms. The number of rotatable bonds is 5. The molecule has 0 atom stereocenters. The number of hydrogen-bond donors (Lipinski definition) is 1. The van der Waals surface area contributed by atoms with Crippen molar-refractivity contribution >= 4 is 23.2 Å². The fourth-order valence-corrected chi connectivity index (χ4v) is 1.48. The van der Waals surface area contributed by atoms with Gasteiger partial charge in [0, 0.05) is 5.88 Å². The molecule has 0 radical (unpaired) electrons. The molecule has 100 valence electrons. The highest BCUT2D eigenvalue weighted by molar-refractivity contribution is 6.20. The van der Waals surface area contributed by atoms with Crippen LogP contribution in [0.4, 0.5) is 5.69 Å². The zero-order valence-electron chi connectivity index (χ0n) is 11.3. The van der Waals surface area contributed by atoms with Gasteiger partial charge in [-0.25, -0.2) is 0 Å². The van der Waals surface area contributed by atoms with Crippen LogP contribution in [0.15, 0.2) is 18.2 Å². The van der Waals surface area contributed by atoms with Crippen LogP contribution in [0.5, 0.6) is 5.75 Å². The first-order valence-corrected chi connectivity index (χ1v) is 6.55. The van der Waals surface area contributed by atoms with Crippen molar-refractivity contribution in [2.45, 2.75) is 27.7 Å². The Balaban J connectivity index is 2.93. The summed E-state index contributed by atoms with van der Waals surface area (Å²) < 4.78 is 5.52. The van der Waals surface area contributed by atoms with E-state index in [9.17, 15) is 4.79 Å². The molecular weight excluding hydrogens is 250 g/mol. The molecule has 1 N–H and O–H groups in total. The molecule has 0 saturated heterocycles. The van der Waals surface area contributed by atoms with Gasteiger partial charge < -0.3 is 10.1 Å². The van der Waals surface area contributed by atoms with Gasteiger partial charge >= 0.3 is 0 Å². The van der Waals surface area contributed by atoms with Gasteiger partial charge in [-0.15, -0.1) is 11.6 Å². The van der Waals surface area contributed by atoms with E-state index < -0.39 is 5.41 Å². The van der Waals surface area contributed by atoms with Gasteiger partial charge in [-0.3, -0.25) is 4.79 Å². The maximum absolute atomic E-state index is 12.1. The SMILES string of the molecule is CCOc1cc(C)ccc1NC(=O)C(C)(C)CCl. The van der Waals surface area contributed by atoms with Gasteiger partial charge in [0.05, 0.1) is 17.7 Å². The zero-order valence-corrected chi connectivity index (χ0v) is 12.1. The van der Waals surface area contributed by atoms with Crippen LogP contribution < -0.4 is 10.1 Å². The normalized spacial score (nSPS) is 11.2. The molecule has 1 rings (SSSR count). The fraction of sp³-hybridized carbons (Fsp3) is 0.500. The van der Waals surface area contributed by atoms with Crippen LogP contribution in [-0.2, 0) is 4.79 Å². The Morgan fingerprint density at radius 1 is 1.44 bits per heavy atom. The van der Waals surface area contributed by atoms with E-state index in [-0.39, 0.29) is 11.8 Å². The Bertz CT molecular complexity index is 430. The molecule has 1 aromatic rings. The summed E-state index contributed by atoms with van der Waals surface area (Å²) in [6.45, 7) is 8.08. The molecule has 3 nitrogen and oxygen atoms in total. The van der Waals surface area contributed by atoms with E-state index in [4.69, 9.17) is 16.3 Å². The lowest BCUT2D eigenvalue weighted by atomic mass is 9.95. The quantitative estimate of drug-likeness (QED) is 0.830. The Morgan fingerprint density at radius 3 is 2.67 bits per heavy atom. The van der Waals surface area contributed by atoms with Crippen molar-refractivity contribution in [3.63, 3.8) is 0 Å². The van der Waals surface area contributed by atoms with E-state index >= 15 is 0 Å². The maximum atomic E-state index is 12.1. The summed E-state index contributed by atoms with van der Waals surface area (Å²) in [6, 6.07) is 5.70. The molecule has 1 amide bonds. The number of anilines is 1. The lowest BCUT2D eigenvalue weighted by molar-refractivity contribution is -0.122. The molecule has 0 aromatic heterocycles. The van der Waals surface area contributed by atoms with Crippen LogP contribution in [0, 0.1) is 12.3 Å². The number of halogens is 1. The third kappa shape index (κ3) is 3.64. The highest BCUT2D eigenvalue weighted by Gasteiger charge is 2.27. The second-order valence-corrected chi connectivity index (χ2v) is 5.17. The number of benzene rings is 1. The van der Waals surface area contributed by atoms with Crippen molar-refractivity contribution < 1.29 is 9.53 Å². The molecule has 18 heavy (non-hydrogen) atoms. The van der Waals surface area contributed by atoms with Gasteiger partial charge in [0.2, 0.25) is 5.91 Å². The third-order valence-corrected chi connectivity index (χ3v) is 3.30. The van der Waals surface area contributed by atoms with Crippen LogP contribution in [0.1, 0.15) is 26.3 Å². The minimum absolute atomic E-state index is 0.109. The number of carbonyl (C=O) groups excluding carboxylic acids is 1. The fourth-order valence-electron chi connectivity index (χ4n) is 1.36. The summed E-state index contributed by atoms with van der Waals surface area (Å²) in [5.74, 6) is 0.854. The Morgan fingerprint density at radius 2 is 2.11 bits per heavy atom. The molecule has 0 aliphatic carbocycles. The van der Waals surface area contributed by atoms with Gasteiger partial charge in [0.25, 0.3) is 0 Å². The predicted molar refractivity (Wildman–Crippen MR) is 75.5 cm³/mol. The number of alkyl halides is 1. The molecule has 4 heteroatoms. The van der Waals surface area contributed by atoms with E-state index in [0.29, 0.717) is 18.0 Å². The first-order chi connectivity index (χ1) is 8.40. The number of aryl methyl sites for hydroxylation is 1. The van der Waals surface area contributed by atoms with Gasteiger partial charge in [-0.2, -0.15) is 0 Å². The highest BCUT2D eigenvalue weighted by Crippen LogP contribution is 2.28. The second kappa shape index (κ2) is 6.10. The average molecular weight is 270 g/mol. The molecule has 0 aliphatic rings. The molecular formula is C14H20ClNO2. The van der Waals surface area contributed by atoms with Gasteiger partial charge in [0.1, 0.15) is 5.75 Å². The number of ether oxygens (including phenoxy) is 1. The van der Waals surface area contributed by atoms with Gasteiger partial charge in [0.15, 0.2) is 0 Å². The summed E-state index contributed by atoms with van der Waals surface area (Å²) in [4.78, 5) is 12.1. The van der Waals surface area contributed by atoms with Crippen molar-refractivity contribution in [2.24, 2.45) is 5.41 Å². The molecule has 0 unspecified atom stereocenters. The van der Waals surface area contributed by atoms with Crippen molar-refractivity contribution in [1.29, 1.82) is 0 Å². The smallest absolute Gasteiger partial charge is 0.231 e. The second-order valence-electron chi connectivity index (χ2n) is 4.90. The van der Waals surface area contributed by atoms with Gasteiger partial charge in [-0.05, 0) is 45.4 Å². The third-order valence-electron chi connectivity index (χ3n) is 2.63. The molecule has 0 saturated carbocycles. The largest absolute Gasteiger partial charge is 0.492 e. The standard InChI is InChI=1S/C14H20ClNO2/c1-5-18-12-8-10(2)6-7-11(12)16-13(17)14(3,4)9-15/h6-8H,5,9H2,1-4H3,(H,16,17). The summed E-state index contributed by atoms with van der Waals surface area (Å²) >= 11 is 5.79. The number of hydrogen-bond acceptors (Lipinski definition) is 2. The van der Waals surface area contributed by atoms with E-state index in [1.807, 2.05) is 45.9 Å². The van der Waals surface area contributed by atoms with Crippen molar-refractivity contribution in [3.05, 3.63) is 23.8 Å². The van der Waals surface area contributed by atoms with Crippen molar-refractivity contribution in [2.75, 3.05) is 17.8 Å². The number of amides is 1. The lowest BCUT2D eigenvalue weighted by Crippen LogP contribution is -2.32. The van der Waals surface area contributed by atoms with E-state index in [1.54, 1.807) is 0 Å². The molecule has 0 spiro atoms. The first-order valence-electron chi connectivity index (χ1n) is 6.01. The Labute approximate surface area is 113 Å². The van der Waals surface area contributed by atoms with Crippen molar-refractivity contribution in [3.8, 4) is 5.75 Å². The Kier molecular flexibility index (Phi) is 5.03. The summed E-state index contributed by atoms with van der Waals surface area (Å²) in [5, 5.41) is 2.87. The minimum atomic E-state index is -0.601. The van der Waals surface area contributed by atoms with E-state index in [2.05, 4.69) is 5.32 Å². The molecule has 0 fully saturated rings. The Hall–Kier alpha value is -1.22. The molecule has 0 heterocycles. The average Bonchev–Trinajstić information content (AvgIpc) is 2.32. The number of carbonyl (C=O) groups is 1. The van der Waals surface area contributed by atoms with Gasteiger partial charge in [-0.1, -0.05) is 6.07 Å². The minimum Gasteiger partial charge on any atom is -0.492 e. The van der Waals surface area contributed by atoms with Crippen LogP contribution >= 0.6 is 11.6 Å². The topological polar surface area (TPSA) is 38.3 Å². The van der Waals surface area contributed by atoms with E-state index in [1.165, 1.54) is 0 Å². The van der Waals surface area contributed by atoms with Crippen LogP contribution in [-0.4, -0.2) is 18.4 Å². The number of nitrogens with one attached hydrogen (secondary N) is 1. The lowest BCUT2D eigenvalue weighted by Gasteiger charge is -2.21. The maximum Gasteiger partial charge on any atom is 0.231 e.